The van der Waals surface area contributed by atoms with Crippen molar-refractivity contribution in [1.82, 2.24) is 15.0 Å². The van der Waals surface area contributed by atoms with Crippen molar-refractivity contribution in [2.75, 3.05) is 0 Å². The quantitative estimate of drug-likeness (QED) is 0.737. The molecule has 0 aliphatic rings. The number of aromatic nitrogens is 3. The molecule has 0 aliphatic carbocycles. The van der Waals surface area contributed by atoms with E-state index < -0.39 is 0 Å². The molecule has 0 unspecified atom stereocenters. The first kappa shape index (κ1) is 10.6. The summed E-state index contributed by atoms with van der Waals surface area (Å²) in [5.41, 5.74) is 0.633. The Balaban J connectivity index is 2.60. The molecule has 15 heavy (non-hydrogen) atoms. The molecule has 0 aliphatic heterocycles. The molecule has 0 saturated carbocycles. The lowest BCUT2D eigenvalue weighted by Crippen LogP contribution is -1.90. The van der Waals surface area contributed by atoms with Gasteiger partial charge in [-0.05, 0) is 12.1 Å². The molecule has 3 nitrogen and oxygen atoms in total. The Morgan fingerprint density at radius 1 is 0.867 bits per heavy atom. The van der Waals surface area contributed by atoms with E-state index in [0.29, 0.717) is 26.5 Å². The fraction of sp³-hybridized carbons (Fsp3) is 0. The minimum atomic E-state index is 0.302. The zero-order valence-electron chi connectivity index (χ0n) is 7.28. The average molecular weight is 261 g/mol. The Labute approximate surface area is 101 Å². The molecule has 0 atom stereocenters. The standard InChI is InChI=1S/C9H4Cl3N3/c10-6-2-1-5(7(11)8(6)12)9-14-3-13-4-15-9/h1-4H. The van der Waals surface area contributed by atoms with Crippen LogP contribution in [0.3, 0.4) is 0 Å². The molecule has 2 aromatic rings. The fourth-order valence-electron chi connectivity index (χ4n) is 1.08. The molecule has 0 radical (unpaired) electrons. The summed E-state index contributed by atoms with van der Waals surface area (Å²) in [4.78, 5) is 11.7. The van der Waals surface area contributed by atoms with Crippen molar-refractivity contribution in [2.45, 2.75) is 0 Å². The van der Waals surface area contributed by atoms with E-state index in [0.717, 1.165) is 0 Å². The van der Waals surface area contributed by atoms with E-state index >= 15 is 0 Å². The molecule has 0 fully saturated rings. The van der Waals surface area contributed by atoms with Gasteiger partial charge >= 0.3 is 0 Å². The van der Waals surface area contributed by atoms with E-state index in [1.165, 1.54) is 12.7 Å². The monoisotopic (exact) mass is 259 g/mol. The summed E-state index contributed by atoms with van der Waals surface area (Å²) in [6.07, 6.45) is 2.78. The third-order valence-corrected chi connectivity index (χ3v) is 3.06. The molecule has 2 rings (SSSR count). The third kappa shape index (κ3) is 2.04. The molecule has 0 bridgehead atoms. The van der Waals surface area contributed by atoms with E-state index in [-0.39, 0.29) is 0 Å². The van der Waals surface area contributed by atoms with Crippen LogP contribution in [-0.2, 0) is 0 Å². The van der Waals surface area contributed by atoms with Crippen molar-refractivity contribution < 1.29 is 0 Å². The molecular formula is C9H4Cl3N3. The average Bonchev–Trinajstić information content (AvgIpc) is 2.27. The van der Waals surface area contributed by atoms with Crippen LogP contribution in [0.5, 0.6) is 0 Å². The van der Waals surface area contributed by atoms with Gasteiger partial charge in [-0.3, -0.25) is 0 Å². The van der Waals surface area contributed by atoms with Gasteiger partial charge in [0.05, 0.1) is 15.1 Å². The highest BCUT2D eigenvalue weighted by molar-refractivity contribution is 6.49. The molecule has 1 aromatic heterocycles. The summed E-state index contributed by atoms with van der Waals surface area (Å²) in [6.45, 7) is 0. The number of hydrogen-bond acceptors (Lipinski definition) is 3. The Hall–Kier alpha value is -0.900. The van der Waals surface area contributed by atoms with Crippen molar-refractivity contribution in [3.8, 4) is 11.4 Å². The Bertz CT molecular complexity index is 487. The predicted octanol–water partition coefficient (Wildman–Crippen LogP) is 3.50. The van der Waals surface area contributed by atoms with Crippen LogP contribution in [0, 0.1) is 0 Å². The van der Waals surface area contributed by atoms with Gasteiger partial charge in [-0.25, -0.2) is 15.0 Å². The third-order valence-electron chi connectivity index (χ3n) is 1.77. The smallest absolute Gasteiger partial charge is 0.164 e. The first-order valence-corrected chi connectivity index (χ1v) is 5.09. The van der Waals surface area contributed by atoms with E-state index in [1.54, 1.807) is 12.1 Å². The zero-order valence-corrected chi connectivity index (χ0v) is 9.55. The normalized spacial score (nSPS) is 10.3. The summed E-state index contributed by atoms with van der Waals surface area (Å²) in [5, 5.41) is 1.05. The summed E-state index contributed by atoms with van der Waals surface area (Å²) in [7, 11) is 0. The first-order valence-electron chi connectivity index (χ1n) is 3.96. The van der Waals surface area contributed by atoms with Gasteiger partial charge in [-0.2, -0.15) is 0 Å². The van der Waals surface area contributed by atoms with Crippen LogP contribution < -0.4 is 0 Å². The summed E-state index contributed by atoms with van der Waals surface area (Å²) < 4.78 is 0. The van der Waals surface area contributed by atoms with E-state index in [4.69, 9.17) is 34.8 Å². The minimum Gasteiger partial charge on any atom is -0.225 e. The second kappa shape index (κ2) is 4.31. The maximum absolute atomic E-state index is 6.02. The first-order chi connectivity index (χ1) is 7.20. The molecule has 1 aromatic carbocycles. The minimum absolute atomic E-state index is 0.302. The zero-order chi connectivity index (χ0) is 10.8. The van der Waals surface area contributed by atoms with Gasteiger partial charge in [0.2, 0.25) is 0 Å². The van der Waals surface area contributed by atoms with Crippen LogP contribution >= 0.6 is 34.8 Å². The highest BCUT2D eigenvalue weighted by Gasteiger charge is 2.11. The number of rotatable bonds is 1. The summed E-state index contributed by atoms with van der Waals surface area (Å²) in [5.74, 6) is 0.466. The molecule has 0 N–H and O–H groups in total. The van der Waals surface area contributed by atoms with Gasteiger partial charge in [0.25, 0.3) is 0 Å². The Morgan fingerprint density at radius 2 is 1.53 bits per heavy atom. The SMILES string of the molecule is Clc1ccc(-c2ncncn2)c(Cl)c1Cl. The van der Waals surface area contributed by atoms with Crippen molar-refractivity contribution in [3.05, 3.63) is 39.9 Å². The lowest BCUT2D eigenvalue weighted by atomic mass is 10.2. The van der Waals surface area contributed by atoms with Crippen LogP contribution in [0.15, 0.2) is 24.8 Å². The molecule has 1 heterocycles. The molecule has 0 spiro atoms. The number of halogens is 3. The van der Waals surface area contributed by atoms with E-state index in [2.05, 4.69) is 15.0 Å². The second-order valence-electron chi connectivity index (χ2n) is 2.68. The van der Waals surface area contributed by atoms with Crippen molar-refractivity contribution in [3.63, 3.8) is 0 Å². The highest BCUT2D eigenvalue weighted by atomic mass is 35.5. The molecule has 6 heteroatoms. The van der Waals surface area contributed by atoms with Crippen molar-refractivity contribution >= 4 is 34.8 Å². The van der Waals surface area contributed by atoms with Gasteiger partial charge < -0.3 is 0 Å². The number of nitrogens with zero attached hydrogens (tertiary/aromatic N) is 3. The molecular weight excluding hydrogens is 256 g/mol. The predicted molar refractivity (Wildman–Crippen MR) is 60.3 cm³/mol. The van der Waals surface area contributed by atoms with Gasteiger partial charge in [-0.1, -0.05) is 34.8 Å². The van der Waals surface area contributed by atoms with Crippen molar-refractivity contribution in [1.29, 1.82) is 0 Å². The van der Waals surface area contributed by atoms with E-state index in [1.807, 2.05) is 0 Å². The molecule has 0 amide bonds. The largest absolute Gasteiger partial charge is 0.225 e. The number of benzene rings is 1. The lowest BCUT2D eigenvalue weighted by molar-refractivity contribution is 1.06. The van der Waals surface area contributed by atoms with E-state index in [9.17, 15) is 0 Å². The fourth-order valence-corrected chi connectivity index (χ4v) is 1.70. The van der Waals surface area contributed by atoms with Crippen LogP contribution in [0.25, 0.3) is 11.4 Å². The van der Waals surface area contributed by atoms with Gasteiger partial charge in [0.15, 0.2) is 5.82 Å². The topological polar surface area (TPSA) is 38.7 Å². The van der Waals surface area contributed by atoms with Gasteiger partial charge in [0.1, 0.15) is 12.7 Å². The summed E-state index contributed by atoms with van der Waals surface area (Å²) in [6, 6.07) is 3.36. The molecule has 0 saturated heterocycles. The van der Waals surface area contributed by atoms with Gasteiger partial charge in [-0.15, -0.1) is 0 Å². The molecule has 76 valence electrons. The van der Waals surface area contributed by atoms with Crippen LogP contribution in [0.1, 0.15) is 0 Å². The Morgan fingerprint density at radius 3 is 2.20 bits per heavy atom. The number of hydrogen-bond donors (Lipinski definition) is 0. The van der Waals surface area contributed by atoms with Crippen LogP contribution in [0.4, 0.5) is 0 Å². The lowest BCUT2D eigenvalue weighted by Gasteiger charge is -2.04. The highest BCUT2D eigenvalue weighted by Crippen LogP contribution is 2.36. The van der Waals surface area contributed by atoms with Gasteiger partial charge in [0, 0.05) is 5.56 Å². The van der Waals surface area contributed by atoms with Crippen molar-refractivity contribution in [2.24, 2.45) is 0 Å². The van der Waals surface area contributed by atoms with Crippen LogP contribution in [-0.4, -0.2) is 15.0 Å². The Kier molecular flexibility index (Phi) is 3.05. The summed E-state index contributed by atoms with van der Waals surface area (Å²) >= 11 is 17.7. The maximum Gasteiger partial charge on any atom is 0.164 e. The van der Waals surface area contributed by atoms with Crippen LogP contribution in [0.2, 0.25) is 15.1 Å². The maximum atomic E-state index is 6.02. The second-order valence-corrected chi connectivity index (χ2v) is 3.85.